The van der Waals surface area contributed by atoms with E-state index in [1.165, 1.54) is 6.07 Å². The topological polar surface area (TPSA) is 45.6 Å². The number of hydrogen-bond donors (Lipinski definition) is 2. The molecule has 2 heterocycles. The van der Waals surface area contributed by atoms with E-state index in [1.54, 1.807) is 23.0 Å². The quantitative estimate of drug-likeness (QED) is 0.591. The van der Waals surface area contributed by atoms with Crippen LogP contribution >= 0.6 is 0 Å². The standard InChI is InChI=1S/C19H17FN4/c1-24-12-13(10-22-24)19(23-18-9-5-3-7-16(18)20)15-11-21-17-8-4-2-6-14(15)17/h2-12,19,21,23H,1H3. The van der Waals surface area contributed by atoms with Crippen LogP contribution in [-0.2, 0) is 7.05 Å². The number of fused-ring (bicyclic) bond motifs is 1. The Labute approximate surface area is 138 Å². The van der Waals surface area contributed by atoms with Gasteiger partial charge < -0.3 is 10.3 Å². The summed E-state index contributed by atoms with van der Waals surface area (Å²) < 4.78 is 15.9. The van der Waals surface area contributed by atoms with Crippen LogP contribution in [0.15, 0.2) is 67.1 Å². The number of anilines is 1. The minimum absolute atomic E-state index is 0.202. The van der Waals surface area contributed by atoms with Gasteiger partial charge >= 0.3 is 0 Å². The summed E-state index contributed by atoms with van der Waals surface area (Å²) in [5, 5.41) is 8.69. The fourth-order valence-electron chi connectivity index (χ4n) is 3.00. The molecule has 0 spiro atoms. The predicted octanol–water partition coefficient (Wildman–Crippen LogP) is 4.24. The van der Waals surface area contributed by atoms with Crippen LogP contribution in [0.5, 0.6) is 0 Å². The van der Waals surface area contributed by atoms with E-state index >= 15 is 0 Å². The highest BCUT2D eigenvalue weighted by atomic mass is 19.1. The second kappa shape index (κ2) is 5.85. The number of hydrogen-bond acceptors (Lipinski definition) is 2. The molecule has 4 aromatic rings. The van der Waals surface area contributed by atoms with Crippen molar-refractivity contribution in [1.82, 2.24) is 14.8 Å². The van der Waals surface area contributed by atoms with Crippen molar-refractivity contribution in [2.75, 3.05) is 5.32 Å². The highest BCUT2D eigenvalue weighted by Crippen LogP contribution is 2.32. The maximum absolute atomic E-state index is 14.1. The van der Waals surface area contributed by atoms with Crippen molar-refractivity contribution < 1.29 is 4.39 Å². The molecule has 0 aliphatic carbocycles. The van der Waals surface area contributed by atoms with Crippen LogP contribution in [0, 0.1) is 5.82 Å². The molecule has 2 aromatic heterocycles. The van der Waals surface area contributed by atoms with Gasteiger partial charge in [0.2, 0.25) is 0 Å². The van der Waals surface area contributed by atoms with Gasteiger partial charge in [0.15, 0.2) is 0 Å². The molecule has 4 nitrogen and oxygen atoms in total. The van der Waals surface area contributed by atoms with E-state index in [1.807, 2.05) is 43.7 Å². The molecule has 0 saturated heterocycles. The molecule has 0 saturated carbocycles. The molecule has 0 aliphatic heterocycles. The smallest absolute Gasteiger partial charge is 0.146 e. The summed E-state index contributed by atoms with van der Waals surface area (Å²) in [5.41, 5.74) is 3.56. The largest absolute Gasteiger partial charge is 0.372 e. The number of nitrogens with zero attached hydrogens (tertiary/aromatic N) is 2. The first-order valence-electron chi connectivity index (χ1n) is 7.78. The zero-order valence-corrected chi connectivity index (χ0v) is 13.2. The molecule has 4 rings (SSSR count). The van der Waals surface area contributed by atoms with Gasteiger partial charge in [0.1, 0.15) is 5.82 Å². The van der Waals surface area contributed by atoms with Crippen molar-refractivity contribution in [3.8, 4) is 0 Å². The molecule has 1 unspecified atom stereocenters. The number of benzene rings is 2. The minimum atomic E-state index is -0.272. The number of para-hydroxylation sites is 2. The van der Waals surface area contributed by atoms with E-state index in [9.17, 15) is 4.39 Å². The summed E-state index contributed by atoms with van der Waals surface area (Å²) in [7, 11) is 1.87. The Hall–Kier alpha value is -3.08. The van der Waals surface area contributed by atoms with Gasteiger partial charge in [-0.3, -0.25) is 4.68 Å². The van der Waals surface area contributed by atoms with Gasteiger partial charge in [0, 0.05) is 41.5 Å². The van der Waals surface area contributed by atoms with Crippen molar-refractivity contribution in [2.45, 2.75) is 6.04 Å². The first-order chi connectivity index (χ1) is 11.7. The lowest BCUT2D eigenvalue weighted by atomic mass is 10.0. The lowest BCUT2D eigenvalue weighted by molar-refractivity contribution is 0.628. The Bertz CT molecular complexity index is 986. The molecule has 0 fully saturated rings. The molecular formula is C19H17FN4. The Morgan fingerprint density at radius 2 is 1.92 bits per heavy atom. The summed E-state index contributed by atoms with van der Waals surface area (Å²) in [4.78, 5) is 3.28. The van der Waals surface area contributed by atoms with E-state index in [0.29, 0.717) is 5.69 Å². The molecule has 1 atom stereocenters. The van der Waals surface area contributed by atoms with Gasteiger partial charge in [0.25, 0.3) is 0 Å². The summed E-state index contributed by atoms with van der Waals surface area (Å²) in [5.74, 6) is -0.272. The Morgan fingerprint density at radius 3 is 2.71 bits per heavy atom. The summed E-state index contributed by atoms with van der Waals surface area (Å²) >= 11 is 0. The van der Waals surface area contributed by atoms with Gasteiger partial charge in [-0.05, 0) is 18.2 Å². The normalized spacial score (nSPS) is 12.4. The van der Waals surface area contributed by atoms with E-state index in [4.69, 9.17) is 0 Å². The van der Waals surface area contributed by atoms with Crippen LogP contribution in [0.3, 0.4) is 0 Å². The third kappa shape index (κ3) is 2.54. The number of halogens is 1. The lowest BCUT2D eigenvalue weighted by Crippen LogP contribution is -2.12. The number of H-pyrrole nitrogens is 1. The fraction of sp³-hybridized carbons (Fsp3) is 0.105. The van der Waals surface area contributed by atoms with E-state index in [-0.39, 0.29) is 11.9 Å². The SMILES string of the molecule is Cn1cc(C(Nc2ccccc2F)c2c[nH]c3ccccc23)cn1. The zero-order valence-electron chi connectivity index (χ0n) is 13.2. The predicted molar refractivity (Wildman–Crippen MR) is 93.4 cm³/mol. The second-order valence-electron chi connectivity index (χ2n) is 5.79. The van der Waals surface area contributed by atoms with Crippen LogP contribution in [0.2, 0.25) is 0 Å². The van der Waals surface area contributed by atoms with Crippen molar-refractivity contribution in [1.29, 1.82) is 0 Å². The number of aromatic amines is 1. The number of aryl methyl sites for hydroxylation is 1. The average molecular weight is 320 g/mol. The van der Waals surface area contributed by atoms with Crippen LogP contribution in [0.25, 0.3) is 10.9 Å². The van der Waals surface area contributed by atoms with Crippen LogP contribution in [0.4, 0.5) is 10.1 Å². The molecule has 5 heteroatoms. The van der Waals surface area contributed by atoms with E-state index in [2.05, 4.69) is 21.5 Å². The number of rotatable bonds is 4. The highest BCUT2D eigenvalue weighted by Gasteiger charge is 2.20. The number of aromatic nitrogens is 3. The highest BCUT2D eigenvalue weighted by molar-refractivity contribution is 5.84. The maximum atomic E-state index is 14.1. The third-order valence-corrected chi connectivity index (χ3v) is 4.16. The van der Waals surface area contributed by atoms with Gasteiger partial charge in [-0.15, -0.1) is 0 Å². The first kappa shape index (κ1) is 14.5. The van der Waals surface area contributed by atoms with Crippen molar-refractivity contribution >= 4 is 16.6 Å². The summed E-state index contributed by atoms with van der Waals surface area (Å²) in [6.07, 6.45) is 5.72. The van der Waals surface area contributed by atoms with Crippen LogP contribution < -0.4 is 5.32 Å². The molecular weight excluding hydrogens is 303 g/mol. The molecule has 2 aromatic carbocycles. The Balaban J connectivity index is 1.83. The lowest BCUT2D eigenvalue weighted by Gasteiger charge is -2.19. The molecule has 0 bridgehead atoms. The summed E-state index contributed by atoms with van der Waals surface area (Å²) in [6.45, 7) is 0. The molecule has 0 radical (unpaired) electrons. The zero-order chi connectivity index (χ0) is 16.5. The molecule has 0 aliphatic rings. The molecule has 120 valence electrons. The second-order valence-corrected chi connectivity index (χ2v) is 5.79. The molecule has 24 heavy (non-hydrogen) atoms. The first-order valence-corrected chi connectivity index (χ1v) is 7.78. The van der Waals surface area contributed by atoms with Gasteiger partial charge in [-0.25, -0.2) is 4.39 Å². The van der Waals surface area contributed by atoms with E-state index < -0.39 is 0 Å². The van der Waals surface area contributed by atoms with Crippen molar-refractivity contribution in [3.05, 3.63) is 84.1 Å². The maximum Gasteiger partial charge on any atom is 0.146 e. The van der Waals surface area contributed by atoms with Crippen molar-refractivity contribution in [3.63, 3.8) is 0 Å². The van der Waals surface area contributed by atoms with Gasteiger partial charge in [0.05, 0.1) is 17.9 Å². The molecule has 2 N–H and O–H groups in total. The van der Waals surface area contributed by atoms with Crippen LogP contribution in [-0.4, -0.2) is 14.8 Å². The number of nitrogens with one attached hydrogen (secondary N) is 2. The Morgan fingerprint density at radius 1 is 1.12 bits per heavy atom. The Kier molecular flexibility index (Phi) is 3.54. The van der Waals surface area contributed by atoms with Crippen LogP contribution in [0.1, 0.15) is 17.2 Å². The summed E-state index contributed by atoms with van der Waals surface area (Å²) in [6, 6.07) is 14.6. The fourth-order valence-corrected chi connectivity index (χ4v) is 3.00. The minimum Gasteiger partial charge on any atom is -0.372 e. The average Bonchev–Trinajstić information content (AvgIpc) is 3.21. The van der Waals surface area contributed by atoms with Gasteiger partial charge in [-0.2, -0.15) is 5.10 Å². The van der Waals surface area contributed by atoms with E-state index in [0.717, 1.165) is 22.0 Å². The van der Waals surface area contributed by atoms with Crippen molar-refractivity contribution in [2.24, 2.45) is 7.05 Å². The van der Waals surface area contributed by atoms with Gasteiger partial charge in [-0.1, -0.05) is 30.3 Å². The monoisotopic (exact) mass is 320 g/mol. The third-order valence-electron chi connectivity index (χ3n) is 4.16. The molecule has 0 amide bonds.